The van der Waals surface area contributed by atoms with Gasteiger partial charge in [-0.3, -0.25) is 4.79 Å². The molecular formula is C17H13BrFNO3. The number of rotatable bonds is 5. The largest absolute Gasteiger partial charge is 0.420 e. The van der Waals surface area contributed by atoms with Gasteiger partial charge in [-0.1, -0.05) is 34.6 Å². The summed E-state index contributed by atoms with van der Waals surface area (Å²) in [4.78, 5) is 23.1. The van der Waals surface area contributed by atoms with E-state index >= 15 is 0 Å². The Labute approximate surface area is 141 Å². The van der Waals surface area contributed by atoms with Crippen molar-refractivity contribution in [1.29, 1.82) is 0 Å². The van der Waals surface area contributed by atoms with Crippen LogP contribution in [0.4, 0.5) is 4.39 Å². The number of halogens is 2. The molecule has 0 atom stereocenters. The van der Waals surface area contributed by atoms with Gasteiger partial charge in [-0.05, 0) is 42.0 Å². The van der Waals surface area contributed by atoms with E-state index < -0.39 is 11.8 Å². The first kappa shape index (κ1) is 16.9. The van der Waals surface area contributed by atoms with E-state index in [1.54, 1.807) is 30.3 Å². The minimum Gasteiger partial charge on any atom is -0.420 e. The molecule has 6 heteroatoms. The number of carbonyl (C=O) groups is 2. The zero-order valence-corrected chi connectivity index (χ0v) is 13.6. The predicted molar refractivity (Wildman–Crippen MR) is 87.5 cm³/mol. The molecule has 2 rings (SSSR count). The second kappa shape index (κ2) is 7.69. The molecule has 0 spiro atoms. The first-order valence-electron chi connectivity index (χ1n) is 6.66. The second-order valence-corrected chi connectivity index (χ2v) is 5.50. The maximum absolute atomic E-state index is 13.6. The molecule has 0 unspecified atom stereocenters. The van der Waals surface area contributed by atoms with Gasteiger partial charge in [0.25, 0.3) is 0 Å². The lowest BCUT2D eigenvalue weighted by Gasteiger charge is -2.07. The molecule has 2 aromatic rings. The molecule has 23 heavy (non-hydrogen) atoms. The maximum atomic E-state index is 13.6. The van der Waals surface area contributed by atoms with Crippen molar-refractivity contribution in [3.63, 3.8) is 0 Å². The van der Waals surface area contributed by atoms with Crippen LogP contribution >= 0.6 is 15.9 Å². The standard InChI is InChI=1S/C17H13BrFNO3/c1-2-16(21)20-10-11-3-5-12(6-4-11)17(22)23-15-8-7-13(18)9-14(15)19/h2-9H,1,10H2,(H,20,21). The number of nitrogens with one attached hydrogen (secondary N) is 1. The van der Waals surface area contributed by atoms with Crippen molar-refractivity contribution in [1.82, 2.24) is 5.32 Å². The van der Waals surface area contributed by atoms with Gasteiger partial charge in [-0.25, -0.2) is 9.18 Å². The topological polar surface area (TPSA) is 55.4 Å². The third kappa shape index (κ3) is 4.75. The highest BCUT2D eigenvalue weighted by Gasteiger charge is 2.12. The van der Waals surface area contributed by atoms with Crippen LogP contribution in [0, 0.1) is 5.82 Å². The Hall–Kier alpha value is -2.47. The lowest BCUT2D eigenvalue weighted by Crippen LogP contribution is -2.20. The minimum atomic E-state index is -0.659. The molecule has 0 bridgehead atoms. The molecule has 0 fully saturated rings. The van der Waals surface area contributed by atoms with Gasteiger partial charge in [0.1, 0.15) is 0 Å². The van der Waals surface area contributed by atoms with E-state index in [9.17, 15) is 14.0 Å². The number of amides is 1. The average Bonchev–Trinajstić information content (AvgIpc) is 2.55. The van der Waals surface area contributed by atoms with Gasteiger partial charge in [0.05, 0.1) is 5.56 Å². The fourth-order valence-electron chi connectivity index (χ4n) is 1.74. The highest BCUT2D eigenvalue weighted by atomic mass is 79.9. The Balaban J connectivity index is 2.02. The Morgan fingerprint density at radius 3 is 2.52 bits per heavy atom. The second-order valence-electron chi connectivity index (χ2n) is 4.58. The van der Waals surface area contributed by atoms with E-state index in [4.69, 9.17) is 4.74 Å². The normalized spacial score (nSPS) is 10.0. The number of ether oxygens (including phenoxy) is 1. The van der Waals surface area contributed by atoms with E-state index in [0.29, 0.717) is 11.0 Å². The summed E-state index contributed by atoms with van der Waals surface area (Å²) in [5, 5.41) is 2.62. The smallest absolute Gasteiger partial charge is 0.343 e. The van der Waals surface area contributed by atoms with E-state index in [0.717, 1.165) is 5.56 Å². The Morgan fingerprint density at radius 2 is 1.91 bits per heavy atom. The highest BCUT2D eigenvalue weighted by Crippen LogP contribution is 2.22. The highest BCUT2D eigenvalue weighted by molar-refractivity contribution is 9.10. The summed E-state index contributed by atoms with van der Waals surface area (Å²) in [6.45, 7) is 3.68. The van der Waals surface area contributed by atoms with Crippen molar-refractivity contribution >= 4 is 27.8 Å². The summed E-state index contributed by atoms with van der Waals surface area (Å²) in [6.07, 6.45) is 1.18. The van der Waals surface area contributed by atoms with Gasteiger partial charge in [0, 0.05) is 11.0 Å². The molecule has 0 saturated heterocycles. The van der Waals surface area contributed by atoms with Crippen LogP contribution in [0.2, 0.25) is 0 Å². The van der Waals surface area contributed by atoms with Crippen molar-refractivity contribution in [2.75, 3.05) is 0 Å². The van der Waals surface area contributed by atoms with Crippen LogP contribution < -0.4 is 10.1 Å². The molecule has 118 valence electrons. The summed E-state index contributed by atoms with van der Waals surface area (Å²) in [5.74, 6) is -1.70. The fraction of sp³-hybridized carbons (Fsp3) is 0.0588. The summed E-state index contributed by atoms with van der Waals surface area (Å²) in [6, 6.07) is 10.6. The summed E-state index contributed by atoms with van der Waals surface area (Å²) in [5.41, 5.74) is 1.10. The van der Waals surface area contributed by atoms with E-state index in [2.05, 4.69) is 27.8 Å². The van der Waals surface area contributed by atoms with Gasteiger partial charge in [-0.2, -0.15) is 0 Å². The summed E-state index contributed by atoms with van der Waals surface area (Å²) in [7, 11) is 0. The van der Waals surface area contributed by atoms with Crippen LogP contribution in [0.1, 0.15) is 15.9 Å². The van der Waals surface area contributed by atoms with Crippen LogP contribution in [0.25, 0.3) is 0 Å². The van der Waals surface area contributed by atoms with Crippen LogP contribution in [-0.4, -0.2) is 11.9 Å². The number of hydrogen-bond acceptors (Lipinski definition) is 3. The molecule has 0 aliphatic carbocycles. The van der Waals surface area contributed by atoms with Crippen LogP contribution in [0.15, 0.2) is 59.6 Å². The van der Waals surface area contributed by atoms with Crippen LogP contribution in [0.5, 0.6) is 5.75 Å². The Bertz CT molecular complexity index is 744. The van der Waals surface area contributed by atoms with Crippen LogP contribution in [-0.2, 0) is 11.3 Å². The lowest BCUT2D eigenvalue weighted by molar-refractivity contribution is -0.116. The number of esters is 1. The summed E-state index contributed by atoms with van der Waals surface area (Å²) >= 11 is 3.13. The van der Waals surface area contributed by atoms with Gasteiger partial charge in [0.2, 0.25) is 5.91 Å². The molecule has 0 aliphatic rings. The van der Waals surface area contributed by atoms with Gasteiger partial charge < -0.3 is 10.1 Å². The van der Waals surface area contributed by atoms with E-state index in [-0.39, 0.29) is 17.2 Å². The van der Waals surface area contributed by atoms with Crippen molar-refractivity contribution in [3.8, 4) is 5.75 Å². The SMILES string of the molecule is C=CC(=O)NCc1ccc(C(=O)Oc2ccc(Br)cc2F)cc1. The molecule has 0 aromatic heterocycles. The third-order valence-corrected chi connectivity index (χ3v) is 3.43. The quantitative estimate of drug-likeness (QED) is 0.491. The molecule has 0 heterocycles. The molecule has 0 saturated carbocycles. The van der Waals surface area contributed by atoms with Gasteiger partial charge in [0.15, 0.2) is 11.6 Å². The van der Waals surface area contributed by atoms with Crippen LogP contribution in [0.3, 0.4) is 0 Å². The first-order valence-corrected chi connectivity index (χ1v) is 7.45. The molecule has 0 radical (unpaired) electrons. The summed E-state index contributed by atoms with van der Waals surface area (Å²) < 4.78 is 19.2. The maximum Gasteiger partial charge on any atom is 0.343 e. The monoisotopic (exact) mass is 377 g/mol. The molecule has 4 nitrogen and oxygen atoms in total. The van der Waals surface area contributed by atoms with Crippen molar-refractivity contribution in [3.05, 3.63) is 76.5 Å². The fourth-order valence-corrected chi connectivity index (χ4v) is 2.07. The Morgan fingerprint density at radius 1 is 1.22 bits per heavy atom. The molecule has 2 aromatic carbocycles. The minimum absolute atomic E-state index is 0.138. The lowest BCUT2D eigenvalue weighted by atomic mass is 10.1. The zero-order valence-electron chi connectivity index (χ0n) is 12.0. The zero-order chi connectivity index (χ0) is 16.8. The average molecular weight is 378 g/mol. The van der Waals surface area contributed by atoms with Crippen molar-refractivity contribution in [2.24, 2.45) is 0 Å². The van der Waals surface area contributed by atoms with E-state index in [1.165, 1.54) is 18.2 Å². The molecular weight excluding hydrogens is 365 g/mol. The van der Waals surface area contributed by atoms with Crippen molar-refractivity contribution in [2.45, 2.75) is 6.54 Å². The Kier molecular flexibility index (Phi) is 5.65. The molecule has 0 aliphatic heterocycles. The number of hydrogen-bond donors (Lipinski definition) is 1. The van der Waals surface area contributed by atoms with E-state index in [1.807, 2.05) is 0 Å². The third-order valence-electron chi connectivity index (χ3n) is 2.94. The first-order chi connectivity index (χ1) is 11.0. The molecule has 1 amide bonds. The molecule has 1 N–H and O–H groups in total. The predicted octanol–water partition coefficient (Wildman–Crippen LogP) is 3.61. The van der Waals surface area contributed by atoms with Crippen molar-refractivity contribution < 1.29 is 18.7 Å². The number of carbonyl (C=O) groups excluding carboxylic acids is 2. The van der Waals surface area contributed by atoms with Gasteiger partial charge in [-0.15, -0.1) is 0 Å². The van der Waals surface area contributed by atoms with Gasteiger partial charge >= 0.3 is 5.97 Å². The number of benzene rings is 2.